The van der Waals surface area contributed by atoms with Gasteiger partial charge < -0.3 is 9.64 Å². The Morgan fingerprint density at radius 1 is 0.966 bits per heavy atom. The van der Waals surface area contributed by atoms with Crippen molar-refractivity contribution in [3.05, 3.63) is 78.6 Å². The Labute approximate surface area is 171 Å². The van der Waals surface area contributed by atoms with E-state index in [1.807, 2.05) is 65.6 Å². The van der Waals surface area contributed by atoms with Crippen LogP contribution in [-0.4, -0.2) is 40.0 Å². The van der Waals surface area contributed by atoms with Gasteiger partial charge in [-0.25, -0.2) is 4.98 Å². The second kappa shape index (κ2) is 9.32. The molecule has 3 heterocycles. The Hall–Kier alpha value is -3.21. The topological polar surface area (TPSA) is 55.3 Å². The summed E-state index contributed by atoms with van der Waals surface area (Å²) in [5.74, 6) is 0.704. The standard InChI is InChI=1S/C24H25N3O2/c28-24(21-11-2-1-10-20(21)22-12-3-6-15-25-22)27-17-8-5-9-19(27)14-18-29-23-13-4-7-16-26-23/h1-4,6-7,10-13,15-16,19H,5,8-9,14,17-18H2. The number of pyridine rings is 2. The van der Waals surface area contributed by atoms with E-state index >= 15 is 0 Å². The molecule has 1 aliphatic rings. The van der Waals surface area contributed by atoms with E-state index in [-0.39, 0.29) is 11.9 Å². The summed E-state index contributed by atoms with van der Waals surface area (Å²) in [4.78, 5) is 24.1. The molecule has 1 saturated heterocycles. The van der Waals surface area contributed by atoms with Crippen LogP contribution in [-0.2, 0) is 0 Å². The third kappa shape index (κ3) is 4.62. The molecule has 148 valence electrons. The fourth-order valence-corrected chi connectivity index (χ4v) is 3.87. The van der Waals surface area contributed by atoms with E-state index in [0.29, 0.717) is 18.1 Å². The first kappa shape index (κ1) is 19.1. The second-order valence-corrected chi connectivity index (χ2v) is 7.21. The van der Waals surface area contributed by atoms with E-state index < -0.39 is 0 Å². The van der Waals surface area contributed by atoms with Gasteiger partial charge in [-0.05, 0) is 43.5 Å². The first-order valence-corrected chi connectivity index (χ1v) is 10.2. The number of nitrogens with zero attached hydrogens (tertiary/aromatic N) is 3. The minimum Gasteiger partial charge on any atom is -0.478 e. The number of amides is 1. The number of hydrogen-bond donors (Lipinski definition) is 0. The zero-order chi connectivity index (χ0) is 19.9. The first-order chi connectivity index (χ1) is 14.3. The van der Waals surface area contributed by atoms with Crippen molar-refractivity contribution in [2.24, 2.45) is 0 Å². The summed E-state index contributed by atoms with van der Waals surface area (Å²) in [6.07, 6.45) is 7.46. The molecule has 1 atom stereocenters. The van der Waals surface area contributed by atoms with Gasteiger partial charge in [-0.15, -0.1) is 0 Å². The highest BCUT2D eigenvalue weighted by atomic mass is 16.5. The van der Waals surface area contributed by atoms with Crippen LogP contribution in [0.2, 0.25) is 0 Å². The summed E-state index contributed by atoms with van der Waals surface area (Å²) in [5.41, 5.74) is 2.42. The van der Waals surface area contributed by atoms with E-state index in [0.717, 1.165) is 43.5 Å². The Balaban J connectivity index is 1.49. The predicted molar refractivity (Wildman–Crippen MR) is 113 cm³/mol. The molecular weight excluding hydrogens is 362 g/mol. The third-order valence-corrected chi connectivity index (χ3v) is 5.33. The SMILES string of the molecule is O=C(c1ccccc1-c1ccccn1)N1CCCCC1CCOc1ccccn1. The number of aromatic nitrogens is 2. The zero-order valence-corrected chi connectivity index (χ0v) is 16.4. The van der Waals surface area contributed by atoms with E-state index in [2.05, 4.69) is 9.97 Å². The summed E-state index contributed by atoms with van der Waals surface area (Å²) in [7, 11) is 0. The summed E-state index contributed by atoms with van der Waals surface area (Å²) in [6.45, 7) is 1.33. The molecule has 0 bridgehead atoms. The Kier molecular flexibility index (Phi) is 6.15. The number of likely N-dealkylation sites (tertiary alicyclic amines) is 1. The number of hydrogen-bond acceptors (Lipinski definition) is 4. The summed E-state index contributed by atoms with van der Waals surface area (Å²) in [5, 5.41) is 0. The summed E-state index contributed by atoms with van der Waals surface area (Å²) >= 11 is 0. The van der Waals surface area contributed by atoms with Crippen LogP contribution in [0.15, 0.2) is 73.1 Å². The summed E-state index contributed by atoms with van der Waals surface area (Å²) < 4.78 is 5.78. The average molecular weight is 387 g/mol. The minimum atomic E-state index is 0.0776. The first-order valence-electron chi connectivity index (χ1n) is 10.2. The van der Waals surface area contributed by atoms with Crippen molar-refractivity contribution in [3.8, 4) is 17.1 Å². The molecule has 0 N–H and O–H groups in total. The minimum absolute atomic E-state index is 0.0776. The number of benzene rings is 1. The van der Waals surface area contributed by atoms with Gasteiger partial charge >= 0.3 is 0 Å². The lowest BCUT2D eigenvalue weighted by Crippen LogP contribution is -2.44. The fourth-order valence-electron chi connectivity index (χ4n) is 3.87. The smallest absolute Gasteiger partial charge is 0.254 e. The van der Waals surface area contributed by atoms with Crippen LogP contribution in [0.5, 0.6) is 5.88 Å². The van der Waals surface area contributed by atoms with Gasteiger partial charge in [0.1, 0.15) is 0 Å². The molecule has 29 heavy (non-hydrogen) atoms. The third-order valence-electron chi connectivity index (χ3n) is 5.33. The molecule has 2 aromatic heterocycles. The highest BCUT2D eigenvalue weighted by Gasteiger charge is 2.28. The molecule has 1 unspecified atom stereocenters. The van der Waals surface area contributed by atoms with Gasteiger partial charge in [0.15, 0.2) is 0 Å². The molecule has 0 aliphatic carbocycles. The predicted octanol–water partition coefficient (Wildman–Crippen LogP) is 4.61. The van der Waals surface area contributed by atoms with Crippen molar-refractivity contribution >= 4 is 5.91 Å². The molecular formula is C24H25N3O2. The van der Waals surface area contributed by atoms with Crippen molar-refractivity contribution in [3.63, 3.8) is 0 Å². The van der Waals surface area contributed by atoms with Gasteiger partial charge in [0.05, 0.1) is 12.3 Å². The number of rotatable bonds is 6. The van der Waals surface area contributed by atoms with Gasteiger partial charge in [-0.1, -0.05) is 30.3 Å². The molecule has 0 radical (unpaired) electrons. The van der Waals surface area contributed by atoms with Crippen LogP contribution >= 0.6 is 0 Å². The maximum absolute atomic E-state index is 13.5. The monoisotopic (exact) mass is 387 g/mol. The van der Waals surface area contributed by atoms with Crippen molar-refractivity contribution in [2.75, 3.05) is 13.2 Å². The van der Waals surface area contributed by atoms with Gasteiger partial charge in [-0.3, -0.25) is 9.78 Å². The highest BCUT2D eigenvalue weighted by molar-refractivity contribution is 6.00. The Bertz CT molecular complexity index is 931. The van der Waals surface area contributed by atoms with Gasteiger partial charge in [-0.2, -0.15) is 0 Å². The van der Waals surface area contributed by atoms with Crippen LogP contribution in [0.1, 0.15) is 36.0 Å². The molecule has 0 saturated carbocycles. The number of carbonyl (C=O) groups excluding carboxylic acids is 1. The zero-order valence-electron chi connectivity index (χ0n) is 16.4. The number of carbonyl (C=O) groups is 1. The van der Waals surface area contributed by atoms with Crippen molar-refractivity contribution in [2.45, 2.75) is 31.7 Å². The van der Waals surface area contributed by atoms with Crippen LogP contribution < -0.4 is 4.74 Å². The van der Waals surface area contributed by atoms with Gasteiger partial charge in [0.2, 0.25) is 5.88 Å². The van der Waals surface area contributed by atoms with Crippen LogP contribution in [0.4, 0.5) is 0 Å². The van der Waals surface area contributed by atoms with Crippen molar-refractivity contribution < 1.29 is 9.53 Å². The lowest BCUT2D eigenvalue weighted by molar-refractivity contribution is 0.0580. The largest absolute Gasteiger partial charge is 0.478 e. The second-order valence-electron chi connectivity index (χ2n) is 7.21. The van der Waals surface area contributed by atoms with Crippen molar-refractivity contribution in [1.29, 1.82) is 0 Å². The van der Waals surface area contributed by atoms with E-state index in [1.165, 1.54) is 0 Å². The molecule has 5 nitrogen and oxygen atoms in total. The number of piperidine rings is 1. The molecule has 1 aromatic carbocycles. The maximum Gasteiger partial charge on any atom is 0.254 e. The normalized spacial score (nSPS) is 16.4. The Morgan fingerprint density at radius 3 is 2.55 bits per heavy atom. The molecule has 5 heteroatoms. The van der Waals surface area contributed by atoms with Crippen LogP contribution in [0.3, 0.4) is 0 Å². The van der Waals surface area contributed by atoms with Gasteiger partial charge in [0.25, 0.3) is 5.91 Å². The maximum atomic E-state index is 13.5. The van der Waals surface area contributed by atoms with Crippen LogP contribution in [0, 0.1) is 0 Å². The number of ether oxygens (including phenoxy) is 1. The fraction of sp³-hybridized carbons (Fsp3) is 0.292. The van der Waals surface area contributed by atoms with E-state index in [9.17, 15) is 4.79 Å². The van der Waals surface area contributed by atoms with Crippen LogP contribution in [0.25, 0.3) is 11.3 Å². The lowest BCUT2D eigenvalue weighted by atomic mass is 9.96. The molecule has 4 rings (SSSR count). The summed E-state index contributed by atoms with van der Waals surface area (Å²) in [6, 6.07) is 19.3. The van der Waals surface area contributed by atoms with Crippen molar-refractivity contribution in [1.82, 2.24) is 14.9 Å². The Morgan fingerprint density at radius 2 is 1.76 bits per heavy atom. The molecule has 0 spiro atoms. The molecule has 3 aromatic rings. The molecule has 1 fully saturated rings. The highest BCUT2D eigenvalue weighted by Crippen LogP contribution is 2.27. The molecule has 1 aliphatic heterocycles. The molecule has 1 amide bonds. The van der Waals surface area contributed by atoms with E-state index in [4.69, 9.17) is 4.74 Å². The van der Waals surface area contributed by atoms with Gasteiger partial charge in [0, 0.05) is 48.6 Å². The quantitative estimate of drug-likeness (QED) is 0.620. The lowest BCUT2D eigenvalue weighted by Gasteiger charge is -2.36. The average Bonchev–Trinajstić information content (AvgIpc) is 2.80. The van der Waals surface area contributed by atoms with E-state index in [1.54, 1.807) is 12.4 Å².